The van der Waals surface area contributed by atoms with Crippen LogP contribution in [-0.2, 0) is 6.42 Å². The molecule has 0 atom stereocenters. The second-order valence-corrected chi connectivity index (χ2v) is 4.84. The number of hydrogen-bond donors (Lipinski definition) is 1. The molecule has 0 aliphatic heterocycles. The summed E-state index contributed by atoms with van der Waals surface area (Å²) >= 11 is 3.42. The number of halogens is 1. The number of pyridine rings is 1. The summed E-state index contributed by atoms with van der Waals surface area (Å²) in [5.74, 6) is 1.03. The zero-order valence-corrected chi connectivity index (χ0v) is 11.1. The molecule has 0 saturated carbocycles. The van der Waals surface area contributed by atoms with Crippen molar-refractivity contribution in [2.75, 3.05) is 0 Å². The lowest BCUT2D eigenvalue weighted by Gasteiger charge is -2.03. The van der Waals surface area contributed by atoms with Gasteiger partial charge in [-0.15, -0.1) is 0 Å². The van der Waals surface area contributed by atoms with Crippen molar-refractivity contribution in [1.82, 2.24) is 9.38 Å². The summed E-state index contributed by atoms with van der Waals surface area (Å²) in [6.07, 6.45) is 0.686. The Balaban J connectivity index is 2.13. The molecular formula is C14H11BrN2O. The summed E-state index contributed by atoms with van der Waals surface area (Å²) in [7, 11) is 0. The van der Waals surface area contributed by atoms with Gasteiger partial charge in [0.1, 0.15) is 10.4 Å². The maximum absolute atomic E-state index is 9.95. The Labute approximate surface area is 113 Å². The number of imidazole rings is 1. The summed E-state index contributed by atoms with van der Waals surface area (Å²) in [6.45, 7) is 0. The minimum atomic E-state index is 0.205. The van der Waals surface area contributed by atoms with E-state index >= 15 is 0 Å². The molecule has 0 fully saturated rings. The standard InChI is InChI=1S/C14H11BrN2O/c15-14-11-7-4-8-13(18)17(11)12(16-14)9-10-5-2-1-3-6-10/h1-8,18H,9H2. The number of aromatic hydroxyl groups is 1. The lowest BCUT2D eigenvalue weighted by molar-refractivity contribution is 0.443. The van der Waals surface area contributed by atoms with E-state index in [0.717, 1.165) is 15.9 Å². The first-order valence-corrected chi connectivity index (χ1v) is 6.44. The molecule has 0 unspecified atom stereocenters. The van der Waals surface area contributed by atoms with Crippen LogP contribution in [0.15, 0.2) is 53.1 Å². The van der Waals surface area contributed by atoms with Crippen LogP contribution in [0.5, 0.6) is 5.88 Å². The van der Waals surface area contributed by atoms with Gasteiger partial charge in [0.15, 0.2) is 5.88 Å². The number of rotatable bonds is 2. The Morgan fingerprint density at radius 1 is 1.06 bits per heavy atom. The maximum Gasteiger partial charge on any atom is 0.197 e. The van der Waals surface area contributed by atoms with Crippen LogP contribution in [0.25, 0.3) is 5.52 Å². The SMILES string of the molecule is Oc1cccc2c(Br)nc(Cc3ccccc3)n12. The van der Waals surface area contributed by atoms with Crippen LogP contribution >= 0.6 is 15.9 Å². The Kier molecular flexibility index (Phi) is 2.80. The molecule has 0 amide bonds. The van der Waals surface area contributed by atoms with Crippen molar-refractivity contribution in [1.29, 1.82) is 0 Å². The van der Waals surface area contributed by atoms with Gasteiger partial charge in [-0.3, -0.25) is 4.40 Å². The van der Waals surface area contributed by atoms with Crippen molar-refractivity contribution in [2.45, 2.75) is 6.42 Å². The van der Waals surface area contributed by atoms with Gasteiger partial charge in [0.2, 0.25) is 0 Å². The minimum absolute atomic E-state index is 0.205. The Morgan fingerprint density at radius 3 is 2.61 bits per heavy atom. The van der Waals surface area contributed by atoms with Gasteiger partial charge >= 0.3 is 0 Å². The molecule has 2 aromatic heterocycles. The van der Waals surface area contributed by atoms with E-state index in [1.165, 1.54) is 5.56 Å². The van der Waals surface area contributed by atoms with E-state index in [9.17, 15) is 5.11 Å². The van der Waals surface area contributed by atoms with Crippen LogP contribution in [0.3, 0.4) is 0 Å². The lowest BCUT2D eigenvalue weighted by atomic mass is 10.1. The van der Waals surface area contributed by atoms with Crippen molar-refractivity contribution < 1.29 is 5.11 Å². The molecule has 3 nitrogen and oxygen atoms in total. The predicted molar refractivity (Wildman–Crippen MR) is 73.8 cm³/mol. The van der Waals surface area contributed by atoms with E-state index in [-0.39, 0.29) is 5.88 Å². The van der Waals surface area contributed by atoms with Gasteiger partial charge in [0.25, 0.3) is 0 Å². The third-order valence-electron chi connectivity index (χ3n) is 2.87. The highest BCUT2D eigenvalue weighted by Gasteiger charge is 2.11. The highest BCUT2D eigenvalue weighted by Crippen LogP contribution is 2.24. The Morgan fingerprint density at radius 2 is 1.83 bits per heavy atom. The zero-order chi connectivity index (χ0) is 12.5. The molecule has 0 spiro atoms. The quantitative estimate of drug-likeness (QED) is 0.788. The average molecular weight is 303 g/mol. The first kappa shape index (κ1) is 11.3. The first-order valence-electron chi connectivity index (χ1n) is 5.64. The highest BCUT2D eigenvalue weighted by atomic mass is 79.9. The maximum atomic E-state index is 9.95. The van der Waals surface area contributed by atoms with Crippen LogP contribution in [-0.4, -0.2) is 14.5 Å². The number of hydrogen-bond acceptors (Lipinski definition) is 2. The highest BCUT2D eigenvalue weighted by molar-refractivity contribution is 9.10. The predicted octanol–water partition coefficient (Wildman–Crippen LogP) is 3.39. The third kappa shape index (κ3) is 1.88. The molecule has 4 heteroatoms. The van der Waals surface area contributed by atoms with Crippen LogP contribution in [0.2, 0.25) is 0 Å². The third-order valence-corrected chi connectivity index (χ3v) is 3.45. The van der Waals surface area contributed by atoms with E-state index in [1.54, 1.807) is 10.5 Å². The van der Waals surface area contributed by atoms with Gasteiger partial charge in [-0.1, -0.05) is 36.4 Å². The molecule has 0 radical (unpaired) electrons. The fourth-order valence-electron chi connectivity index (χ4n) is 2.05. The second-order valence-electron chi connectivity index (χ2n) is 4.09. The molecular weight excluding hydrogens is 292 g/mol. The molecule has 90 valence electrons. The second kappa shape index (κ2) is 4.46. The van der Waals surface area contributed by atoms with Gasteiger partial charge in [0, 0.05) is 6.42 Å². The fourth-order valence-corrected chi connectivity index (χ4v) is 2.56. The van der Waals surface area contributed by atoms with Gasteiger partial charge in [-0.25, -0.2) is 4.98 Å². The molecule has 0 saturated heterocycles. The van der Waals surface area contributed by atoms with Crippen LogP contribution in [0.4, 0.5) is 0 Å². The number of aromatic nitrogens is 2. The number of fused-ring (bicyclic) bond motifs is 1. The van der Waals surface area contributed by atoms with Crippen molar-refractivity contribution in [3.05, 3.63) is 64.5 Å². The van der Waals surface area contributed by atoms with Crippen LogP contribution in [0, 0.1) is 0 Å². The van der Waals surface area contributed by atoms with E-state index in [0.29, 0.717) is 6.42 Å². The average Bonchev–Trinajstić information content (AvgIpc) is 2.69. The zero-order valence-electron chi connectivity index (χ0n) is 9.55. The largest absolute Gasteiger partial charge is 0.494 e. The van der Waals surface area contributed by atoms with Crippen LogP contribution in [0.1, 0.15) is 11.4 Å². The van der Waals surface area contributed by atoms with E-state index < -0.39 is 0 Å². The smallest absolute Gasteiger partial charge is 0.197 e. The lowest BCUT2D eigenvalue weighted by Crippen LogP contribution is -1.96. The van der Waals surface area contributed by atoms with Crippen molar-refractivity contribution in [3.8, 4) is 5.88 Å². The van der Waals surface area contributed by atoms with Crippen molar-refractivity contribution >= 4 is 21.4 Å². The number of benzene rings is 1. The molecule has 0 aliphatic carbocycles. The number of nitrogens with zero attached hydrogens (tertiary/aromatic N) is 2. The van der Waals surface area contributed by atoms with Gasteiger partial charge in [0.05, 0.1) is 5.52 Å². The molecule has 3 aromatic rings. The summed E-state index contributed by atoms with van der Waals surface area (Å²) < 4.78 is 2.52. The fraction of sp³-hybridized carbons (Fsp3) is 0.0714. The van der Waals surface area contributed by atoms with E-state index in [1.807, 2.05) is 30.3 Å². The van der Waals surface area contributed by atoms with E-state index in [4.69, 9.17) is 0 Å². The summed E-state index contributed by atoms with van der Waals surface area (Å²) in [5.41, 5.74) is 2.04. The Bertz CT molecular complexity index is 692. The normalized spacial score (nSPS) is 10.9. The molecule has 3 rings (SSSR count). The van der Waals surface area contributed by atoms with Gasteiger partial charge in [-0.2, -0.15) is 0 Å². The van der Waals surface area contributed by atoms with Crippen molar-refractivity contribution in [2.24, 2.45) is 0 Å². The molecule has 18 heavy (non-hydrogen) atoms. The van der Waals surface area contributed by atoms with Gasteiger partial charge in [-0.05, 0) is 33.6 Å². The summed E-state index contributed by atoms with van der Waals surface area (Å²) in [6, 6.07) is 15.5. The monoisotopic (exact) mass is 302 g/mol. The molecule has 0 aliphatic rings. The molecule has 1 N–H and O–H groups in total. The Hall–Kier alpha value is -1.81. The topological polar surface area (TPSA) is 37.5 Å². The summed E-state index contributed by atoms with van der Waals surface area (Å²) in [5, 5.41) is 9.95. The van der Waals surface area contributed by atoms with E-state index in [2.05, 4.69) is 33.0 Å². The molecule has 0 bridgehead atoms. The van der Waals surface area contributed by atoms with Crippen molar-refractivity contribution in [3.63, 3.8) is 0 Å². The van der Waals surface area contributed by atoms with Crippen LogP contribution < -0.4 is 0 Å². The molecule has 1 aromatic carbocycles. The first-order chi connectivity index (χ1) is 8.75. The summed E-state index contributed by atoms with van der Waals surface area (Å²) in [4.78, 5) is 4.47. The van der Waals surface area contributed by atoms with Gasteiger partial charge < -0.3 is 5.11 Å². The minimum Gasteiger partial charge on any atom is -0.494 e. The molecule has 2 heterocycles.